The van der Waals surface area contributed by atoms with Crippen molar-refractivity contribution in [3.63, 3.8) is 0 Å². The Hall–Kier alpha value is -2.35. The molecule has 0 heterocycles. The molecule has 0 radical (unpaired) electrons. The summed E-state index contributed by atoms with van der Waals surface area (Å²) in [7, 11) is 0. The normalized spacial score (nSPS) is 11.2. The molecule has 2 N–H and O–H groups in total. The molecule has 0 aliphatic rings. The molecule has 0 atom stereocenters. The van der Waals surface area contributed by atoms with Gasteiger partial charge in [0.05, 0.1) is 0 Å². The first-order valence-corrected chi connectivity index (χ1v) is 5.85. The van der Waals surface area contributed by atoms with Crippen molar-refractivity contribution in [2.75, 3.05) is 0 Å². The van der Waals surface area contributed by atoms with Crippen LogP contribution in [0.5, 0.6) is 0 Å². The van der Waals surface area contributed by atoms with Gasteiger partial charge in [0, 0.05) is 12.0 Å². The van der Waals surface area contributed by atoms with Crippen LogP contribution in [0.25, 0.3) is 6.08 Å². The van der Waals surface area contributed by atoms with Gasteiger partial charge in [-0.25, -0.2) is 0 Å². The first kappa shape index (κ1) is 12.1. The van der Waals surface area contributed by atoms with Gasteiger partial charge >= 0.3 is 0 Å². The molecule has 0 unspecified atom stereocenters. The number of benzene rings is 2. The van der Waals surface area contributed by atoms with Gasteiger partial charge in [-0.1, -0.05) is 60.7 Å². The SMILES string of the molecule is NC(=O)/C(=C\c1ccccc1)Cc1ccccc1. The Labute approximate surface area is 107 Å². The molecule has 0 saturated heterocycles. The fraction of sp³-hybridized carbons (Fsp3) is 0.0625. The molecule has 0 bridgehead atoms. The van der Waals surface area contributed by atoms with Crippen LogP contribution in [-0.2, 0) is 11.2 Å². The van der Waals surface area contributed by atoms with E-state index in [9.17, 15) is 4.79 Å². The van der Waals surface area contributed by atoms with E-state index in [2.05, 4.69) is 0 Å². The summed E-state index contributed by atoms with van der Waals surface area (Å²) >= 11 is 0. The van der Waals surface area contributed by atoms with E-state index in [1.165, 1.54) is 0 Å². The van der Waals surface area contributed by atoms with Crippen LogP contribution in [0.4, 0.5) is 0 Å². The molecule has 0 aromatic heterocycles. The van der Waals surface area contributed by atoms with Crippen LogP contribution in [0.15, 0.2) is 66.2 Å². The molecule has 0 spiro atoms. The second-order valence-corrected chi connectivity index (χ2v) is 4.11. The Morgan fingerprint density at radius 1 is 0.944 bits per heavy atom. The minimum atomic E-state index is -0.372. The van der Waals surface area contributed by atoms with Crippen molar-refractivity contribution < 1.29 is 4.79 Å². The second-order valence-electron chi connectivity index (χ2n) is 4.11. The molecule has 1 amide bonds. The van der Waals surface area contributed by atoms with E-state index in [0.717, 1.165) is 11.1 Å². The standard InChI is InChI=1S/C16H15NO/c17-16(18)15(11-13-7-3-1-4-8-13)12-14-9-5-2-6-10-14/h1-11H,12H2,(H2,17,18)/b15-11-. The molecule has 0 saturated carbocycles. The van der Waals surface area contributed by atoms with Crippen molar-refractivity contribution in [3.8, 4) is 0 Å². The minimum Gasteiger partial charge on any atom is -0.366 e. The molecular formula is C16H15NO. The van der Waals surface area contributed by atoms with Gasteiger partial charge in [0.1, 0.15) is 0 Å². The molecule has 0 fully saturated rings. The Morgan fingerprint density at radius 2 is 1.50 bits per heavy atom. The predicted octanol–water partition coefficient (Wildman–Crippen LogP) is 2.80. The molecule has 18 heavy (non-hydrogen) atoms. The van der Waals surface area contributed by atoms with E-state index in [1.54, 1.807) is 0 Å². The molecule has 2 rings (SSSR count). The van der Waals surface area contributed by atoms with Crippen LogP contribution in [0.1, 0.15) is 11.1 Å². The van der Waals surface area contributed by atoms with Crippen LogP contribution in [-0.4, -0.2) is 5.91 Å². The predicted molar refractivity (Wildman–Crippen MR) is 73.8 cm³/mol. The van der Waals surface area contributed by atoms with Crippen molar-refractivity contribution >= 4 is 12.0 Å². The van der Waals surface area contributed by atoms with Gasteiger partial charge in [0.25, 0.3) is 0 Å². The maximum Gasteiger partial charge on any atom is 0.244 e. The lowest BCUT2D eigenvalue weighted by Crippen LogP contribution is -2.15. The Kier molecular flexibility index (Phi) is 3.92. The van der Waals surface area contributed by atoms with Gasteiger partial charge in [-0.15, -0.1) is 0 Å². The number of hydrogen-bond acceptors (Lipinski definition) is 1. The van der Waals surface area contributed by atoms with Crippen molar-refractivity contribution in [1.29, 1.82) is 0 Å². The van der Waals surface area contributed by atoms with E-state index < -0.39 is 0 Å². The second kappa shape index (κ2) is 5.82. The zero-order valence-electron chi connectivity index (χ0n) is 10.0. The van der Waals surface area contributed by atoms with Crippen molar-refractivity contribution in [1.82, 2.24) is 0 Å². The number of nitrogens with two attached hydrogens (primary N) is 1. The highest BCUT2D eigenvalue weighted by Gasteiger charge is 2.06. The fourth-order valence-electron chi connectivity index (χ4n) is 1.78. The number of primary amides is 1. The van der Waals surface area contributed by atoms with Gasteiger partial charge in [-0.2, -0.15) is 0 Å². The van der Waals surface area contributed by atoms with Crippen LogP contribution in [0, 0.1) is 0 Å². The number of rotatable bonds is 4. The van der Waals surface area contributed by atoms with Gasteiger partial charge in [0.15, 0.2) is 0 Å². The van der Waals surface area contributed by atoms with Gasteiger partial charge in [-0.05, 0) is 17.2 Å². The highest BCUT2D eigenvalue weighted by Crippen LogP contribution is 2.12. The highest BCUT2D eigenvalue weighted by molar-refractivity contribution is 5.97. The summed E-state index contributed by atoms with van der Waals surface area (Å²) in [5.74, 6) is -0.372. The zero-order valence-corrected chi connectivity index (χ0v) is 10.0. The summed E-state index contributed by atoms with van der Waals surface area (Å²) < 4.78 is 0. The molecule has 90 valence electrons. The summed E-state index contributed by atoms with van der Waals surface area (Å²) in [5, 5.41) is 0. The first-order valence-electron chi connectivity index (χ1n) is 5.85. The average Bonchev–Trinajstić information content (AvgIpc) is 2.40. The van der Waals surface area contributed by atoms with Gasteiger partial charge in [-0.3, -0.25) is 4.79 Å². The molecular weight excluding hydrogens is 222 g/mol. The summed E-state index contributed by atoms with van der Waals surface area (Å²) in [5.41, 5.74) is 8.11. The van der Waals surface area contributed by atoms with Crippen molar-refractivity contribution in [3.05, 3.63) is 77.4 Å². The lowest BCUT2D eigenvalue weighted by atomic mass is 10.0. The summed E-state index contributed by atoms with van der Waals surface area (Å²) in [6.07, 6.45) is 2.40. The molecule has 2 nitrogen and oxygen atoms in total. The molecule has 0 aliphatic carbocycles. The minimum absolute atomic E-state index is 0.372. The van der Waals surface area contributed by atoms with E-state index in [1.807, 2.05) is 66.7 Å². The van der Waals surface area contributed by atoms with E-state index in [-0.39, 0.29) is 5.91 Å². The molecule has 0 aliphatic heterocycles. The Bertz CT molecular complexity index is 544. The monoisotopic (exact) mass is 237 g/mol. The third-order valence-corrected chi connectivity index (χ3v) is 2.69. The smallest absolute Gasteiger partial charge is 0.244 e. The maximum atomic E-state index is 11.5. The highest BCUT2D eigenvalue weighted by atomic mass is 16.1. The van der Waals surface area contributed by atoms with Crippen molar-refractivity contribution in [2.45, 2.75) is 6.42 Å². The maximum absolute atomic E-state index is 11.5. The van der Waals surface area contributed by atoms with E-state index >= 15 is 0 Å². The Morgan fingerprint density at radius 3 is 2.06 bits per heavy atom. The zero-order chi connectivity index (χ0) is 12.8. The average molecular weight is 237 g/mol. The van der Waals surface area contributed by atoms with E-state index in [4.69, 9.17) is 5.73 Å². The van der Waals surface area contributed by atoms with Crippen LogP contribution in [0.3, 0.4) is 0 Å². The summed E-state index contributed by atoms with van der Waals surface area (Å²) in [6, 6.07) is 19.6. The third-order valence-electron chi connectivity index (χ3n) is 2.69. The van der Waals surface area contributed by atoms with Gasteiger partial charge in [0.2, 0.25) is 5.91 Å². The first-order chi connectivity index (χ1) is 8.75. The van der Waals surface area contributed by atoms with Crippen LogP contribution < -0.4 is 5.73 Å². The van der Waals surface area contributed by atoms with Crippen molar-refractivity contribution in [2.24, 2.45) is 5.73 Å². The fourth-order valence-corrected chi connectivity index (χ4v) is 1.78. The summed E-state index contributed by atoms with van der Waals surface area (Å²) in [4.78, 5) is 11.5. The number of hydrogen-bond donors (Lipinski definition) is 1. The lowest BCUT2D eigenvalue weighted by Gasteiger charge is -2.04. The Balaban J connectivity index is 2.25. The largest absolute Gasteiger partial charge is 0.366 e. The quantitative estimate of drug-likeness (QED) is 0.816. The van der Waals surface area contributed by atoms with E-state index in [0.29, 0.717) is 12.0 Å². The molecule has 2 aromatic carbocycles. The number of carbonyl (C=O) groups excluding carboxylic acids is 1. The topological polar surface area (TPSA) is 43.1 Å². The molecule has 2 heteroatoms. The van der Waals surface area contributed by atoms with Crippen LogP contribution >= 0.6 is 0 Å². The van der Waals surface area contributed by atoms with Crippen LogP contribution in [0.2, 0.25) is 0 Å². The number of carbonyl (C=O) groups is 1. The van der Waals surface area contributed by atoms with Gasteiger partial charge < -0.3 is 5.73 Å². The molecule has 2 aromatic rings. The lowest BCUT2D eigenvalue weighted by molar-refractivity contribution is -0.114. The third kappa shape index (κ3) is 3.32. The number of amides is 1. The summed E-state index contributed by atoms with van der Waals surface area (Å²) in [6.45, 7) is 0.